The molecular formula is C11H10Cl2N2O3. The molecule has 1 N–H and O–H groups in total. The molecule has 2 rings (SSSR count). The summed E-state index contributed by atoms with van der Waals surface area (Å²) in [6.07, 6.45) is 2.40. The summed E-state index contributed by atoms with van der Waals surface area (Å²) in [4.78, 5) is 28.3. The molecule has 0 aliphatic carbocycles. The lowest BCUT2D eigenvalue weighted by Gasteiger charge is -2.21. The van der Waals surface area contributed by atoms with Crippen molar-refractivity contribution in [2.45, 2.75) is 18.9 Å². The molecule has 0 aromatic carbocycles. The molecule has 0 radical (unpaired) electrons. The van der Waals surface area contributed by atoms with Crippen LogP contribution in [0.1, 0.15) is 23.2 Å². The maximum Gasteiger partial charge on any atom is 0.326 e. The van der Waals surface area contributed by atoms with Gasteiger partial charge in [0, 0.05) is 12.7 Å². The van der Waals surface area contributed by atoms with Crippen LogP contribution in [-0.2, 0) is 4.79 Å². The first kappa shape index (κ1) is 13.1. The number of carbonyl (C=O) groups excluding carboxylic acids is 1. The van der Waals surface area contributed by atoms with Crippen LogP contribution in [0.5, 0.6) is 0 Å². The Morgan fingerprint density at radius 3 is 2.83 bits per heavy atom. The van der Waals surface area contributed by atoms with Crippen molar-refractivity contribution in [1.29, 1.82) is 0 Å². The third kappa shape index (κ3) is 2.42. The second-order valence-corrected chi connectivity index (χ2v) is 4.78. The van der Waals surface area contributed by atoms with Crippen molar-refractivity contribution < 1.29 is 14.7 Å². The first-order valence-corrected chi connectivity index (χ1v) is 6.11. The van der Waals surface area contributed by atoms with Crippen LogP contribution < -0.4 is 0 Å². The quantitative estimate of drug-likeness (QED) is 0.846. The molecule has 0 bridgehead atoms. The lowest BCUT2D eigenvalue weighted by Crippen LogP contribution is -2.40. The van der Waals surface area contributed by atoms with Crippen molar-refractivity contribution in [1.82, 2.24) is 9.88 Å². The van der Waals surface area contributed by atoms with Crippen molar-refractivity contribution in [3.63, 3.8) is 0 Å². The van der Waals surface area contributed by atoms with E-state index in [0.717, 1.165) is 0 Å². The smallest absolute Gasteiger partial charge is 0.326 e. The van der Waals surface area contributed by atoms with Gasteiger partial charge in [-0.25, -0.2) is 9.78 Å². The van der Waals surface area contributed by atoms with E-state index in [9.17, 15) is 9.59 Å². The number of pyridine rings is 1. The van der Waals surface area contributed by atoms with E-state index < -0.39 is 17.9 Å². The number of amides is 1. The summed E-state index contributed by atoms with van der Waals surface area (Å²) in [6.45, 7) is 0.409. The highest BCUT2D eigenvalue weighted by molar-refractivity contribution is 6.35. The zero-order valence-corrected chi connectivity index (χ0v) is 10.8. The lowest BCUT2D eigenvalue weighted by atomic mass is 10.2. The van der Waals surface area contributed by atoms with Crippen molar-refractivity contribution in [2.24, 2.45) is 0 Å². The monoisotopic (exact) mass is 288 g/mol. The van der Waals surface area contributed by atoms with Gasteiger partial charge in [0.15, 0.2) is 0 Å². The van der Waals surface area contributed by atoms with Crippen LogP contribution in [0, 0.1) is 0 Å². The second-order valence-electron chi connectivity index (χ2n) is 3.98. The molecule has 7 heteroatoms. The zero-order chi connectivity index (χ0) is 13.3. The number of carboxylic acid groups (broad SMARTS) is 1. The van der Waals surface area contributed by atoms with E-state index >= 15 is 0 Å². The Morgan fingerprint density at radius 2 is 2.17 bits per heavy atom. The fourth-order valence-corrected chi connectivity index (χ4v) is 2.34. The fraction of sp³-hybridized carbons (Fsp3) is 0.364. The van der Waals surface area contributed by atoms with Gasteiger partial charge in [0.2, 0.25) is 0 Å². The van der Waals surface area contributed by atoms with Crippen LogP contribution in [0.2, 0.25) is 10.2 Å². The molecule has 1 atom stereocenters. The van der Waals surface area contributed by atoms with Gasteiger partial charge < -0.3 is 10.0 Å². The van der Waals surface area contributed by atoms with Gasteiger partial charge in [-0.2, -0.15) is 0 Å². The number of aromatic nitrogens is 1. The van der Waals surface area contributed by atoms with E-state index in [1.807, 2.05) is 0 Å². The number of rotatable bonds is 2. The molecular weight excluding hydrogens is 279 g/mol. The SMILES string of the molecule is O=C(O)[C@@H]1CCCN1C(=O)c1cc(Cl)ncc1Cl. The average molecular weight is 289 g/mol. The van der Waals surface area contributed by atoms with E-state index in [1.165, 1.54) is 17.2 Å². The van der Waals surface area contributed by atoms with Crippen LogP contribution in [0.25, 0.3) is 0 Å². The van der Waals surface area contributed by atoms with Crippen LogP contribution >= 0.6 is 23.2 Å². The van der Waals surface area contributed by atoms with Gasteiger partial charge in [-0.15, -0.1) is 0 Å². The minimum absolute atomic E-state index is 0.147. The Kier molecular flexibility index (Phi) is 3.73. The average Bonchev–Trinajstić information content (AvgIpc) is 2.80. The van der Waals surface area contributed by atoms with E-state index in [2.05, 4.69) is 4.98 Å². The number of aliphatic carboxylic acids is 1. The summed E-state index contributed by atoms with van der Waals surface area (Å²) in [5, 5.41) is 9.35. The normalized spacial score (nSPS) is 19.0. The topological polar surface area (TPSA) is 70.5 Å². The van der Waals surface area contributed by atoms with E-state index in [0.29, 0.717) is 19.4 Å². The Balaban J connectivity index is 2.31. The molecule has 1 amide bonds. The highest BCUT2D eigenvalue weighted by atomic mass is 35.5. The molecule has 1 aliphatic rings. The lowest BCUT2D eigenvalue weighted by molar-refractivity contribution is -0.141. The molecule has 96 valence electrons. The van der Waals surface area contributed by atoms with Crippen molar-refractivity contribution in [3.05, 3.63) is 28.0 Å². The number of nitrogens with zero attached hydrogens (tertiary/aromatic N) is 2. The van der Waals surface area contributed by atoms with Gasteiger partial charge in [0.25, 0.3) is 5.91 Å². The van der Waals surface area contributed by atoms with Crippen molar-refractivity contribution in [2.75, 3.05) is 6.54 Å². The molecule has 0 saturated carbocycles. The highest BCUT2D eigenvalue weighted by Crippen LogP contribution is 2.25. The summed E-state index contributed by atoms with van der Waals surface area (Å²) in [7, 11) is 0. The standard InChI is InChI=1S/C11H10Cl2N2O3/c12-7-5-14-9(13)4-6(7)10(16)15-3-1-2-8(15)11(17)18/h4-5,8H,1-3H2,(H,17,18)/t8-/m0/s1. The van der Waals surface area contributed by atoms with Crippen molar-refractivity contribution >= 4 is 35.1 Å². The zero-order valence-electron chi connectivity index (χ0n) is 9.27. The summed E-state index contributed by atoms with van der Waals surface area (Å²) >= 11 is 11.6. The number of hydrogen-bond donors (Lipinski definition) is 1. The van der Waals surface area contributed by atoms with Crippen LogP contribution in [0.3, 0.4) is 0 Å². The first-order valence-electron chi connectivity index (χ1n) is 5.35. The van der Waals surface area contributed by atoms with Crippen LogP contribution in [0.15, 0.2) is 12.3 Å². The largest absolute Gasteiger partial charge is 0.480 e. The first-order chi connectivity index (χ1) is 8.50. The molecule has 1 aromatic heterocycles. The van der Waals surface area contributed by atoms with E-state index in [4.69, 9.17) is 28.3 Å². The predicted molar refractivity (Wildman–Crippen MR) is 66.0 cm³/mol. The molecule has 5 nitrogen and oxygen atoms in total. The molecule has 1 fully saturated rings. The van der Waals surface area contributed by atoms with Gasteiger partial charge in [-0.05, 0) is 18.9 Å². The Morgan fingerprint density at radius 1 is 1.44 bits per heavy atom. The van der Waals surface area contributed by atoms with Crippen LogP contribution in [0.4, 0.5) is 0 Å². The predicted octanol–water partition coefficient (Wildman–Crippen LogP) is 2.08. The van der Waals surface area contributed by atoms with Crippen LogP contribution in [-0.4, -0.2) is 39.5 Å². The molecule has 0 unspecified atom stereocenters. The minimum atomic E-state index is -1.00. The van der Waals surface area contributed by atoms with E-state index in [1.54, 1.807) is 0 Å². The van der Waals surface area contributed by atoms with Gasteiger partial charge >= 0.3 is 5.97 Å². The molecule has 1 saturated heterocycles. The number of halogens is 2. The molecule has 2 heterocycles. The number of carbonyl (C=O) groups is 2. The van der Waals surface area contributed by atoms with Crippen molar-refractivity contribution in [3.8, 4) is 0 Å². The second kappa shape index (κ2) is 5.12. The van der Waals surface area contributed by atoms with Gasteiger partial charge in [0.1, 0.15) is 11.2 Å². The molecule has 0 spiro atoms. The highest BCUT2D eigenvalue weighted by Gasteiger charge is 2.35. The van der Waals surface area contributed by atoms with Gasteiger partial charge in [0.05, 0.1) is 10.6 Å². The number of carboxylic acids is 1. The van der Waals surface area contributed by atoms with Gasteiger partial charge in [-0.3, -0.25) is 4.79 Å². The maximum absolute atomic E-state index is 12.2. The minimum Gasteiger partial charge on any atom is -0.480 e. The summed E-state index contributed by atoms with van der Waals surface area (Å²) in [5.74, 6) is -1.42. The maximum atomic E-state index is 12.2. The molecule has 1 aromatic rings. The third-order valence-electron chi connectivity index (χ3n) is 2.85. The number of likely N-dealkylation sites (tertiary alicyclic amines) is 1. The molecule has 18 heavy (non-hydrogen) atoms. The summed E-state index contributed by atoms with van der Waals surface area (Å²) in [5.41, 5.74) is 0.185. The van der Waals surface area contributed by atoms with Gasteiger partial charge in [-0.1, -0.05) is 23.2 Å². The Labute approximate surface area is 113 Å². The summed E-state index contributed by atoms with van der Waals surface area (Å²) in [6, 6.07) is 0.559. The number of hydrogen-bond acceptors (Lipinski definition) is 3. The Hall–Kier alpha value is -1.33. The fourth-order valence-electron chi connectivity index (χ4n) is 2.00. The third-order valence-corrected chi connectivity index (χ3v) is 3.36. The summed E-state index contributed by atoms with van der Waals surface area (Å²) < 4.78 is 0. The molecule has 1 aliphatic heterocycles. The Bertz CT molecular complexity index is 507. The van der Waals surface area contributed by atoms with E-state index in [-0.39, 0.29) is 15.7 Å².